The van der Waals surface area contributed by atoms with Crippen LogP contribution in [0.4, 0.5) is 0 Å². The van der Waals surface area contributed by atoms with Gasteiger partial charge in [-0.25, -0.2) is 0 Å². The van der Waals surface area contributed by atoms with Crippen LogP contribution in [0.25, 0.3) is 0 Å². The Kier molecular flexibility index (Phi) is 5.35. The second kappa shape index (κ2) is 5.50. The van der Waals surface area contributed by atoms with E-state index in [2.05, 4.69) is 20.8 Å². The summed E-state index contributed by atoms with van der Waals surface area (Å²) in [4.78, 5) is 11.6. The second-order valence-corrected chi connectivity index (χ2v) is 5.50. The number of hydrogen-bond donors (Lipinski definition) is 1. The van der Waals surface area contributed by atoms with Gasteiger partial charge < -0.3 is 5.73 Å². The van der Waals surface area contributed by atoms with Crippen molar-refractivity contribution in [3.05, 3.63) is 0 Å². The molecule has 0 radical (unpaired) electrons. The Morgan fingerprint density at radius 3 is 2.21 bits per heavy atom. The van der Waals surface area contributed by atoms with Crippen molar-refractivity contribution in [1.29, 1.82) is 0 Å². The van der Waals surface area contributed by atoms with Gasteiger partial charge in [0.15, 0.2) is 0 Å². The molecule has 0 saturated carbocycles. The van der Waals surface area contributed by atoms with Crippen LogP contribution in [0.5, 0.6) is 0 Å². The third-order valence-electron chi connectivity index (χ3n) is 2.50. The molecule has 0 spiro atoms. The molecule has 2 heteroatoms. The summed E-state index contributed by atoms with van der Waals surface area (Å²) in [7, 11) is 0. The van der Waals surface area contributed by atoms with E-state index >= 15 is 0 Å². The molecule has 0 heterocycles. The number of rotatable bonds is 5. The largest absolute Gasteiger partial charge is 0.327 e. The first-order valence-electron chi connectivity index (χ1n) is 5.54. The summed E-state index contributed by atoms with van der Waals surface area (Å²) in [6, 6.07) is 0.0245. The van der Waals surface area contributed by atoms with Crippen LogP contribution < -0.4 is 5.73 Å². The number of carbonyl (C=O) groups is 1. The molecular weight excluding hydrogens is 174 g/mol. The Morgan fingerprint density at radius 1 is 1.36 bits per heavy atom. The minimum atomic E-state index is 0.0245. The highest BCUT2D eigenvalue weighted by Crippen LogP contribution is 2.22. The van der Waals surface area contributed by atoms with Crippen LogP contribution in [0.15, 0.2) is 0 Å². The zero-order chi connectivity index (χ0) is 11.4. The van der Waals surface area contributed by atoms with Crippen molar-refractivity contribution in [2.75, 3.05) is 0 Å². The Hall–Kier alpha value is -0.370. The average Bonchev–Trinajstić information content (AvgIpc) is 1.99. The van der Waals surface area contributed by atoms with Crippen molar-refractivity contribution < 1.29 is 4.79 Å². The van der Waals surface area contributed by atoms with Crippen LogP contribution in [0.3, 0.4) is 0 Å². The lowest BCUT2D eigenvalue weighted by molar-refractivity contribution is -0.122. The number of ketones is 1. The molecule has 0 amide bonds. The topological polar surface area (TPSA) is 43.1 Å². The zero-order valence-electron chi connectivity index (χ0n) is 10.3. The monoisotopic (exact) mass is 199 g/mol. The van der Waals surface area contributed by atoms with Crippen molar-refractivity contribution in [2.24, 2.45) is 17.1 Å². The van der Waals surface area contributed by atoms with Crippen LogP contribution in [0, 0.1) is 11.3 Å². The molecule has 2 nitrogen and oxygen atoms in total. The van der Waals surface area contributed by atoms with E-state index in [9.17, 15) is 4.79 Å². The summed E-state index contributed by atoms with van der Waals surface area (Å²) < 4.78 is 0. The van der Waals surface area contributed by atoms with Crippen molar-refractivity contribution in [3.8, 4) is 0 Å². The van der Waals surface area contributed by atoms with Gasteiger partial charge in [0.1, 0.15) is 5.78 Å². The number of nitrogens with two attached hydrogens (primary N) is 1. The minimum Gasteiger partial charge on any atom is -0.327 e. The van der Waals surface area contributed by atoms with Gasteiger partial charge in [-0.2, -0.15) is 0 Å². The number of Topliss-reactive ketones (excluding diaryl/α,β-unsaturated/α-hetero) is 1. The van der Waals surface area contributed by atoms with Crippen LogP contribution in [-0.4, -0.2) is 11.8 Å². The fourth-order valence-electron chi connectivity index (χ4n) is 1.55. The van der Waals surface area contributed by atoms with Crippen molar-refractivity contribution in [1.82, 2.24) is 0 Å². The summed E-state index contributed by atoms with van der Waals surface area (Å²) in [5, 5.41) is 0. The maximum Gasteiger partial charge on any atom is 0.137 e. The standard InChI is InChI=1S/C12H25NO/c1-6-9(2)11(14)7-10(13)8-12(3,4)5/h9-10H,6-8,13H2,1-5H3. The molecule has 0 aliphatic heterocycles. The minimum absolute atomic E-state index is 0.0245. The molecule has 0 fully saturated rings. The zero-order valence-corrected chi connectivity index (χ0v) is 10.3. The first kappa shape index (κ1) is 13.6. The third kappa shape index (κ3) is 6.14. The van der Waals surface area contributed by atoms with Gasteiger partial charge in [-0.15, -0.1) is 0 Å². The Morgan fingerprint density at radius 2 is 1.86 bits per heavy atom. The smallest absolute Gasteiger partial charge is 0.137 e. The Labute approximate surface area is 88.3 Å². The quantitative estimate of drug-likeness (QED) is 0.740. The van der Waals surface area contributed by atoms with E-state index in [0.29, 0.717) is 12.2 Å². The molecule has 0 aliphatic rings. The average molecular weight is 199 g/mol. The predicted molar refractivity (Wildman–Crippen MR) is 61.1 cm³/mol. The summed E-state index contributed by atoms with van der Waals surface area (Å²) in [5.74, 6) is 0.477. The van der Waals surface area contributed by atoms with Crippen LogP contribution >= 0.6 is 0 Å². The van der Waals surface area contributed by atoms with E-state index in [0.717, 1.165) is 12.8 Å². The van der Waals surface area contributed by atoms with Crippen molar-refractivity contribution in [3.63, 3.8) is 0 Å². The van der Waals surface area contributed by atoms with Gasteiger partial charge in [0.25, 0.3) is 0 Å². The molecular formula is C12H25NO. The summed E-state index contributed by atoms with van der Waals surface area (Å²) in [6.07, 6.45) is 2.36. The molecule has 0 aromatic heterocycles. The lowest BCUT2D eigenvalue weighted by atomic mass is 9.85. The van der Waals surface area contributed by atoms with Crippen LogP contribution in [0.2, 0.25) is 0 Å². The maximum atomic E-state index is 11.6. The molecule has 0 aliphatic carbocycles. The van der Waals surface area contributed by atoms with Gasteiger partial charge in [0.2, 0.25) is 0 Å². The molecule has 0 bridgehead atoms. The van der Waals surface area contributed by atoms with E-state index in [1.807, 2.05) is 13.8 Å². The van der Waals surface area contributed by atoms with E-state index < -0.39 is 0 Å². The fourth-order valence-corrected chi connectivity index (χ4v) is 1.55. The second-order valence-electron chi connectivity index (χ2n) is 5.50. The van der Waals surface area contributed by atoms with E-state index in [1.165, 1.54) is 0 Å². The molecule has 0 aromatic carbocycles. The predicted octanol–water partition coefficient (Wildman–Crippen LogP) is 2.76. The first-order valence-corrected chi connectivity index (χ1v) is 5.54. The Balaban J connectivity index is 3.95. The van der Waals surface area contributed by atoms with Gasteiger partial charge in [-0.05, 0) is 18.3 Å². The summed E-state index contributed by atoms with van der Waals surface area (Å²) in [5.41, 5.74) is 6.15. The molecule has 2 atom stereocenters. The molecule has 0 rings (SSSR count). The number of carbonyl (C=O) groups excluding carboxylic acids is 1. The number of hydrogen-bond acceptors (Lipinski definition) is 2. The first-order chi connectivity index (χ1) is 6.26. The normalized spacial score (nSPS) is 16.4. The van der Waals surface area contributed by atoms with Crippen LogP contribution in [-0.2, 0) is 4.79 Å². The molecule has 2 unspecified atom stereocenters. The highest BCUT2D eigenvalue weighted by atomic mass is 16.1. The highest BCUT2D eigenvalue weighted by Gasteiger charge is 2.20. The lowest BCUT2D eigenvalue weighted by Crippen LogP contribution is -2.30. The highest BCUT2D eigenvalue weighted by molar-refractivity contribution is 5.81. The SMILES string of the molecule is CCC(C)C(=O)CC(N)CC(C)(C)C. The third-order valence-corrected chi connectivity index (χ3v) is 2.50. The maximum absolute atomic E-state index is 11.6. The Bertz CT molecular complexity index is 181. The molecule has 2 N–H and O–H groups in total. The summed E-state index contributed by atoms with van der Waals surface area (Å²) in [6.45, 7) is 10.5. The van der Waals surface area contributed by atoms with Gasteiger partial charge in [0, 0.05) is 18.4 Å². The van der Waals surface area contributed by atoms with Crippen molar-refractivity contribution in [2.45, 2.75) is 59.9 Å². The molecule has 0 aromatic rings. The fraction of sp³-hybridized carbons (Fsp3) is 0.917. The molecule has 0 saturated heterocycles. The van der Waals surface area contributed by atoms with Gasteiger partial charge in [-0.1, -0.05) is 34.6 Å². The molecule has 84 valence electrons. The van der Waals surface area contributed by atoms with Gasteiger partial charge in [0.05, 0.1) is 0 Å². The van der Waals surface area contributed by atoms with E-state index in [-0.39, 0.29) is 17.4 Å². The molecule has 14 heavy (non-hydrogen) atoms. The summed E-state index contributed by atoms with van der Waals surface area (Å²) >= 11 is 0. The van der Waals surface area contributed by atoms with Crippen molar-refractivity contribution >= 4 is 5.78 Å². The van der Waals surface area contributed by atoms with E-state index in [4.69, 9.17) is 5.73 Å². The van der Waals surface area contributed by atoms with Gasteiger partial charge in [-0.3, -0.25) is 4.79 Å². The lowest BCUT2D eigenvalue weighted by Gasteiger charge is -2.23. The van der Waals surface area contributed by atoms with E-state index in [1.54, 1.807) is 0 Å². The van der Waals surface area contributed by atoms with Gasteiger partial charge >= 0.3 is 0 Å². The van der Waals surface area contributed by atoms with Crippen LogP contribution in [0.1, 0.15) is 53.9 Å².